The molecule has 0 aliphatic rings. The second kappa shape index (κ2) is 13.0. The minimum Gasteiger partial charge on any atom is -0.486 e. The van der Waals surface area contributed by atoms with Gasteiger partial charge in [0.15, 0.2) is 6.10 Å². The van der Waals surface area contributed by atoms with Crippen LogP contribution in [0.4, 0.5) is 11.5 Å². The molecule has 0 saturated heterocycles. The summed E-state index contributed by atoms with van der Waals surface area (Å²) in [5.74, 6) is 0.859. The summed E-state index contributed by atoms with van der Waals surface area (Å²) in [5, 5.41) is 25.8. The van der Waals surface area contributed by atoms with E-state index in [-0.39, 0.29) is 26.2 Å². The number of aliphatic hydroxyl groups excluding tert-OH is 2. The molecule has 2 aromatic carbocycles. The van der Waals surface area contributed by atoms with Gasteiger partial charge in [-0.25, -0.2) is 9.97 Å². The van der Waals surface area contributed by atoms with Gasteiger partial charge in [-0.05, 0) is 49.4 Å². The number of carbonyl (C=O) groups is 1. The molecule has 0 aliphatic carbocycles. The maximum absolute atomic E-state index is 12.6. The molecule has 0 spiro atoms. The predicted octanol–water partition coefficient (Wildman–Crippen LogP) is 3.63. The van der Waals surface area contributed by atoms with Gasteiger partial charge < -0.3 is 30.3 Å². The first-order chi connectivity index (χ1) is 18.4. The lowest BCUT2D eigenvalue weighted by Gasteiger charge is -2.21. The fourth-order valence-electron chi connectivity index (χ4n) is 3.70. The van der Waals surface area contributed by atoms with Gasteiger partial charge in [0.1, 0.15) is 30.3 Å². The summed E-state index contributed by atoms with van der Waals surface area (Å²) in [6.45, 7) is 1.72. The summed E-state index contributed by atoms with van der Waals surface area (Å²) < 4.78 is 11.9. The summed E-state index contributed by atoms with van der Waals surface area (Å²) in [4.78, 5) is 25.6. The van der Waals surface area contributed by atoms with Crippen molar-refractivity contribution in [3.8, 4) is 11.5 Å². The highest BCUT2D eigenvalue weighted by Gasteiger charge is 2.24. The average molecular weight is 538 g/mol. The van der Waals surface area contributed by atoms with E-state index in [2.05, 4.69) is 25.6 Å². The lowest BCUT2D eigenvalue weighted by Crippen LogP contribution is -2.41. The molecule has 0 bridgehead atoms. The van der Waals surface area contributed by atoms with Gasteiger partial charge in [-0.3, -0.25) is 9.78 Å². The minimum atomic E-state index is -0.995. The number of nitrogens with one attached hydrogen (secondary N) is 2. The molecule has 2 aromatic heterocycles. The van der Waals surface area contributed by atoms with E-state index < -0.39 is 18.1 Å². The van der Waals surface area contributed by atoms with Crippen LogP contribution >= 0.6 is 11.6 Å². The third-order valence-electron chi connectivity index (χ3n) is 5.45. The Bertz CT molecular complexity index is 1370. The van der Waals surface area contributed by atoms with E-state index in [4.69, 9.17) is 26.2 Å². The van der Waals surface area contributed by atoms with Crippen molar-refractivity contribution in [1.29, 1.82) is 0 Å². The number of fused-ring (bicyclic) bond motifs is 1. The smallest absolute Gasteiger partial charge is 0.261 e. The van der Waals surface area contributed by atoms with Crippen LogP contribution in [0.25, 0.3) is 10.9 Å². The standard InChI is InChI=1S/C27H28ClN5O5/c1-17(35)13-24(27(36)30-11-12-34)38-23-7-4-6-21-25(23)26(32-16-31-21)33-18-8-9-22(20(28)14-18)37-15-19-5-2-3-10-29-19/h2-10,14,16-17,24,34-35H,11-13,15H2,1H3,(H,30,36)(H,31,32,33). The van der Waals surface area contributed by atoms with E-state index >= 15 is 0 Å². The van der Waals surface area contributed by atoms with Gasteiger partial charge in [0, 0.05) is 24.8 Å². The number of ether oxygens (including phenoxy) is 2. The van der Waals surface area contributed by atoms with Crippen LogP contribution in [0.3, 0.4) is 0 Å². The number of benzene rings is 2. The van der Waals surface area contributed by atoms with Crippen molar-refractivity contribution in [2.75, 3.05) is 18.5 Å². The topological polar surface area (TPSA) is 139 Å². The van der Waals surface area contributed by atoms with Gasteiger partial charge in [0.05, 0.1) is 34.3 Å². The molecule has 4 aromatic rings. The monoisotopic (exact) mass is 537 g/mol. The van der Waals surface area contributed by atoms with Crippen molar-refractivity contribution in [3.05, 3.63) is 77.8 Å². The number of pyridine rings is 1. The third kappa shape index (κ3) is 7.06. The molecule has 4 rings (SSSR count). The van der Waals surface area contributed by atoms with Crippen LogP contribution in [0.2, 0.25) is 5.02 Å². The van der Waals surface area contributed by atoms with E-state index in [9.17, 15) is 9.90 Å². The summed E-state index contributed by atoms with van der Waals surface area (Å²) in [7, 11) is 0. The summed E-state index contributed by atoms with van der Waals surface area (Å²) in [6, 6.07) is 16.1. The van der Waals surface area contributed by atoms with E-state index in [0.29, 0.717) is 38.9 Å². The summed E-state index contributed by atoms with van der Waals surface area (Å²) in [5.41, 5.74) is 2.02. The van der Waals surface area contributed by atoms with Crippen LogP contribution < -0.4 is 20.1 Å². The summed E-state index contributed by atoms with van der Waals surface area (Å²) in [6.07, 6.45) is 1.39. The van der Waals surface area contributed by atoms with Gasteiger partial charge >= 0.3 is 0 Å². The highest BCUT2D eigenvalue weighted by Crippen LogP contribution is 2.34. The van der Waals surface area contributed by atoms with Crippen LogP contribution in [0.1, 0.15) is 19.0 Å². The summed E-state index contributed by atoms with van der Waals surface area (Å²) >= 11 is 6.48. The first-order valence-corrected chi connectivity index (χ1v) is 12.4. The van der Waals surface area contributed by atoms with Gasteiger partial charge in [-0.1, -0.05) is 23.7 Å². The third-order valence-corrected chi connectivity index (χ3v) is 5.74. The fraction of sp³-hybridized carbons (Fsp3) is 0.259. The quantitative estimate of drug-likeness (QED) is 0.213. The number of anilines is 2. The van der Waals surface area contributed by atoms with E-state index in [1.54, 1.807) is 49.5 Å². The molecule has 11 heteroatoms. The van der Waals surface area contributed by atoms with E-state index in [1.165, 1.54) is 6.33 Å². The molecule has 10 nitrogen and oxygen atoms in total. The zero-order chi connectivity index (χ0) is 26.9. The lowest BCUT2D eigenvalue weighted by molar-refractivity contribution is -0.129. The number of amides is 1. The molecule has 2 atom stereocenters. The van der Waals surface area contributed by atoms with Crippen LogP contribution in [0.15, 0.2) is 67.1 Å². The number of rotatable bonds is 12. The number of aliphatic hydroxyl groups is 2. The lowest BCUT2D eigenvalue weighted by atomic mass is 10.1. The van der Waals surface area contributed by atoms with Gasteiger partial charge in [0.25, 0.3) is 5.91 Å². The molecule has 0 fully saturated rings. The molecule has 0 aliphatic heterocycles. The number of aromatic nitrogens is 3. The number of nitrogens with zero attached hydrogens (tertiary/aromatic N) is 3. The highest BCUT2D eigenvalue weighted by atomic mass is 35.5. The van der Waals surface area contributed by atoms with Crippen LogP contribution in [-0.4, -0.2) is 56.4 Å². The molecule has 2 heterocycles. The van der Waals surface area contributed by atoms with Crippen molar-refractivity contribution in [3.63, 3.8) is 0 Å². The maximum atomic E-state index is 12.6. The zero-order valence-corrected chi connectivity index (χ0v) is 21.4. The number of halogens is 1. The Morgan fingerprint density at radius 2 is 1.95 bits per heavy atom. The Morgan fingerprint density at radius 3 is 2.68 bits per heavy atom. The largest absolute Gasteiger partial charge is 0.486 e. The SMILES string of the molecule is CC(O)CC(Oc1cccc2ncnc(Nc3ccc(OCc4ccccn4)c(Cl)c3)c12)C(=O)NCCO. The average Bonchev–Trinajstić information content (AvgIpc) is 2.91. The van der Waals surface area contributed by atoms with Crippen LogP contribution in [0, 0.1) is 0 Å². The van der Waals surface area contributed by atoms with Crippen LogP contribution in [0.5, 0.6) is 11.5 Å². The van der Waals surface area contributed by atoms with Gasteiger partial charge in [-0.15, -0.1) is 0 Å². The number of carbonyl (C=O) groups excluding carboxylic acids is 1. The normalized spacial score (nSPS) is 12.5. The molecular weight excluding hydrogens is 510 g/mol. The Kier molecular flexibility index (Phi) is 9.26. The molecule has 0 saturated carbocycles. The minimum absolute atomic E-state index is 0.0552. The van der Waals surface area contributed by atoms with Crippen LogP contribution in [-0.2, 0) is 11.4 Å². The Balaban J connectivity index is 1.57. The number of hydrogen-bond acceptors (Lipinski definition) is 9. The number of hydrogen-bond donors (Lipinski definition) is 4. The van der Waals surface area contributed by atoms with Crippen molar-refractivity contribution >= 4 is 39.9 Å². The van der Waals surface area contributed by atoms with Crippen molar-refractivity contribution < 1.29 is 24.5 Å². The highest BCUT2D eigenvalue weighted by molar-refractivity contribution is 6.32. The van der Waals surface area contributed by atoms with Crippen molar-refractivity contribution in [2.24, 2.45) is 0 Å². The second-order valence-corrected chi connectivity index (χ2v) is 8.87. The predicted molar refractivity (Wildman–Crippen MR) is 144 cm³/mol. The molecule has 4 N–H and O–H groups in total. The molecule has 0 radical (unpaired) electrons. The molecule has 198 valence electrons. The Hall–Kier alpha value is -3.99. The molecular formula is C27H28ClN5O5. The van der Waals surface area contributed by atoms with Crippen molar-refractivity contribution in [1.82, 2.24) is 20.3 Å². The first-order valence-electron chi connectivity index (χ1n) is 12.0. The van der Waals surface area contributed by atoms with E-state index in [0.717, 1.165) is 5.69 Å². The molecule has 38 heavy (non-hydrogen) atoms. The molecule has 2 unspecified atom stereocenters. The Morgan fingerprint density at radius 1 is 1.08 bits per heavy atom. The zero-order valence-electron chi connectivity index (χ0n) is 20.7. The maximum Gasteiger partial charge on any atom is 0.261 e. The molecule has 1 amide bonds. The Labute approximate surface area is 224 Å². The van der Waals surface area contributed by atoms with Gasteiger partial charge in [0.2, 0.25) is 0 Å². The fourth-order valence-corrected chi connectivity index (χ4v) is 3.94. The van der Waals surface area contributed by atoms with E-state index in [1.807, 2.05) is 18.2 Å². The second-order valence-electron chi connectivity index (χ2n) is 8.46. The van der Waals surface area contributed by atoms with Gasteiger partial charge in [-0.2, -0.15) is 0 Å². The van der Waals surface area contributed by atoms with Crippen molar-refractivity contribution in [2.45, 2.75) is 32.2 Å². The first kappa shape index (κ1) is 27.1.